The number of ether oxygens (including phenoxy) is 2. The second kappa shape index (κ2) is 7.70. The molecule has 31 heavy (non-hydrogen) atoms. The van der Waals surface area contributed by atoms with Gasteiger partial charge in [-0.3, -0.25) is 0 Å². The lowest BCUT2D eigenvalue weighted by atomic mass is 9.47. The van der Waals surface area contributed by atoms with E-state index in [1.54, 1.807) is 20.3 Å². The first-order valence-corrected chi connectivity index (χ1v) is 11.2. The molecule has 0 unspecified atom stereocenters. The number of rotatable bonds is 4. The largest absolute Gasteiger partial charge is 0.496 e. The molecule has 4 atom stereocenters. The summed E-state index contributed by atoms with van der Waals surface area (Å²) in [5.41, 5.74) is 2.26. The van der Waals surface area contributed by atoms with Crippen molar-refractivity contribution in [2.75, 3.05) is 14.2 Å². The van der Waals surface area contributed by atoms with Crippen molar-refractivity contribution in [3.63, 3.8) is 0 Å². The molecule has 2 aliphatic rings. The van der Waals surface area contributed by atoms with E-state index in [1.807, 2.05) is 6.07 Å². The normalized spacial score (nSPS) is 29.9. The summed E-state index contributed by atoms with van der Waals surface area (Å²) >= 11 is 0. The molecule has 1 fully saturated rings. The summed E-state index contributed by atoms with van der Waals surface area (Å²) < 4.78 is 17.1. The number of hydrogen-bond donors (Lipinski definition) is 1. The van der Waals surface area contributed by atoms with Gasteiger partial charge in [0.1, 0.15) is 5.75 Å². The van der Waals surface area contributed by atoms with Gasteiger partial charge < -0.3 is 19.0 Å². The average molecular weight is 427 g/mol. The van der Waals surface area contributed by atoms with Crippen molar-refractivity contribution in [1.82, 2.24) is 0 Å². The third kappa shape index (κ3) is 3.38. The molecule has 0 radical (unpaired) electrons. The number of allylic oxidation sites excluding steroid dienone is 2. The lowest BCUT2D eigenvalue weighted by Crippen LogP contribution is -2.54. The van der Waals surface area contributed by atoms with Crippen molar-refractivity contribution in [1.29, 1.82) is 0 Å². The van der Waals surface area contributed by atoms with Crippen LogP contribution in [-0.2, 0) is 6.42 Å². The second-order valence-corrected chi connectivity index (χ2v) is 10.1. The van der Waals surface area contributed by atoms with Crippen molar-refractivity contribution in [3.05, 3.63) is 45.8 Å². The lowest BCUT2D eigenvalue weighted by molar-refractivity contribution is -0.114. The quantitative estimate of drug-likeness (QED) is 0.543. The van der Waals surface area contributed by atoms with Crippen LogP contribution in [0.15, 0.2) is 39.1 Å². The molecule has 0 spiro atoms. The molecule has 0 saturated heterocycles. The highest BCUT2D eigenvalue weighted by atomic mass is 16.5. The Kier molecular flexibility index (Phi) is 5.45. The predicted molar refractivity (Wildman–Crippen MR) is 122 cm³/mol. The van der Waals surface area contributed by atoms with Crippen molar-refractivity contribution < 1.29 is 19.0 Å². The topological polar surface area (TPSA) is 68.9 Å². The first-order valence-electron chi connectivity index (χ1n) is 11.2. The van der Waals surface area contributed by atoms with E-state index in [2.05, 4.69) is 33.8 Å². The molecule has 1 aromatic carbocycles. The van der Waals surface area contributed by atoms with Crippen molar-refractivity contribution >= 4 is 11.0 Å². The average Bonchev–Trinajstić information content (AvgIpc) is 2.73. The summed E-state index contributed by atoms with van der Waals surface area (Å²) in [5, 5.41) is 11.5. The maximum atomic E-state index is 11.9. The standard InChI is InChI=1S/C26H34O5/c1-15-7-9-20-25(2,3)21(27)11-12-26(20,4)18(15)14-17-19(29-5)13-16-8-10-22(28)31-23(16)24(17)30-6/h7-8,10,13,18,20-21,27H,9,11-12,14H2,1-6H3/t18-,20+,21-,26+/m0/s1. The summed E-state index contributed by atoms with van der Waals surface area (Å²) in [7, 11) is 3.27. The molecule has 1 saturated carbocycles. The van der Waals surface area contributed by atoms with Gasteiger partial charge in [0, 0.05) is 17.0 Å². The number of methoxy groups -OCH3 is 2. The van der Waals surface area contributed by atoms with Crippen LogP contribution in [0.3, 0.4) is 0 Å². The van der Waals surface area contributed by atoms with E-state index < -0.39 is 5.63 Å². The van der Waals surface area contributed by atoms with Gasteiger partial charge >= 0.3 is 5.63 Å². The number of aliphatic hydroxyl groups is 1. The van der Waals surface area contributed by atoms with E-state index in [-0.39, 0.29) is 22.9 Å². The van der Waals surface area contributed by atoms with Crippen LogP contribution in [0.4, 0.5) is 0 Å². The Morgan fingerprint density at radius 2 is 1.94 bits per heavy atom. The van der Waals surface area contributed by atoms with Crippen molar-refractivity contribution in [2.45, 2.75) is 59.5 Å². The van der Waals surface area contributed by atoms with Crippen LogP contribution >= 0.6 is 0 Å². The fraction of sp³-hybridized carbons (Fsp3) is 0.577. The van der Waals surface area contributed by atoms with Crippen LogP contribution in [0.25, 0.3) is 11.0 Å². The van der Waals surface area contributed by atoms with Crippen LogP contribution in [0.2, 0.25) is 0 Å². The van der Waals surface area contributed by atoms with Gasteiger partial charge in [-0.25, -0.2) is 4.79 Å². The molecule has 1 heterocycles. The first kappa shape index (κ1) is 21.9. The van der Waals surface area contributed by atoms with Crippen LogP contribution in [0, 0.1) is 22.7 Å². The van der Waals surface area contributed by atoms with Gasteiger partial charge in [-0.2, -0.15) is 0 Å². The molecule has 0 aliphatic heterocycles. The maximum absolute atomic E-state index is 11.9. The highest BCUT2D eigenvalue weighted by Crippen LogP contribution is 2.60. The number of hydrogen-bond acceptors (Lipinski definition) is 5. The SMILES string of the molecule is COc1cc2ccc(=O)oc2c(OC)c1C[C@H]1C(C)=CC[C@@H]2C(C)(C)[C@@H](O)CC[C@@]21C. The maximum Gasteiger partial charge on any atom is 0.336 e. The molecule has 168 valence electrons. The summed E-state index contributed by atoms with van der Waals surface area (Å²) in [6.45, 7) is 9.01. The van der Waals surface area contributed by atoms with Gasteiger partial charge in [0.15, 0.2) is 11.3 Å². The van der Waals surface area contributed by atoms with E-state index in [1.165, 1.54) is 11.6 Å². The zero-order chi connectivity index (χ0) is 22.6. The zero-order valence-electron chi connectivity index (χ0n) is 19.5. The minimum absolute atomic E-state index is 0.0457. The van der Waals surface area contributed by atoms with E-state index in [4.69, 9.17) is 13.9 Å². The molecular formula is C26H34O5. The highest BCUT2D eigenvalue weighted by molar-refractivity contribution is 5.86. The summed E-state index contributed by atoms with van der Waals surface area (Å²) in [6, 6.07) is 5.08. The molecule has 0 bridgehead atoms. The molecule has 1 N–H and O–H groups in total. The van der Waals surface area contributed by atoms with Crippen LogP contribution < -0.4 is 15.1 Å². The summed E-state index contributed by atoms with van der Waals surface area (Å²) in [4.78, 5) is 11.9. The Bertz CT molecular complexity index is 1080. The molecule has 0 amide bonds. The van der Waals surface area contributed by atoms with E-state index in [0.29, 0.717) is 17.3 Å². The third-order valence-corrected chi connectivity index (χ3v) is 8.29. The fourth-order valence-corrected chi connectivity index (χ4v) is 6.42. The molecule has 5 heteroatoms. The number of aliphatic hydroxyl groups excluding tert-OH is 1. The van der Waals surface area contributed by atoms with E-state index in [9.17, 15) is 9.90 Å². The Balaban J connectivity index is 1.85. The number of benzene rings is 1. The van der Waals surface area contributed by atoms with Crippen LogP contribution in [0.5, 0.6) is 11.5 Å². The van der Waals surface area contributed by atoms with Gasteiger partial charge in [-0.15, -0.1) is 0 Å². The Labute approximate surface area is 184 Å². The predicted octanol–water partition coefficient (Wildman–Crippen LogP) is 5.12. The van der Waals surface area contributed by atoms with Crippen molar-refractivity contribution in [2.24, 2.45) is 22.7 Å². The molecule has 2 aliphatic carbocycles. The van der Waals surface area contributed by atoms with Gasteiger partial charge in [-0.1, -0.05) is 32.4 Å². The molecule has 4 rings (SSSR count). The lowest BCUT2D eigenvalue weighted by Gasteiger charge is -2.58. The van der Waals surface area contributed by atoms with E-state index >= 15 is 0 Å². The minimum atomic E-state index is -0.397. The van der Waals surface area contributed by atoms with Crippen LogP contribution in [-0.4, -0.2) is 25.4 Å². The zero-order valence-corrected chi connectivity index (χ0v) is 19.5. The first-order chi connectivity index (χ1) is 14.6. The second-order valence-electron chi connectivity index (χ2n) is 10.1. The summed E-state index contributed by atoms with van der Waals surface area (Å²) in [5.74, 6) is 1.97. The smallest absolute Gasteiger partial charge is 0.336 e. The highest BCUT2D eigenvalue weighted by Gasteiger charge is 2.55. The molecular weight excluding hydrogens is 392 g/mol. The fourth-order valence-electron chi connectivity index (χ4n) is 6.42. The molecule has 1 aromatic heterocycles. The van der Waals surface area contributed by atoms with Gasteiger partial charge in [0.05, 0.1) is 20.3 Å². The number of fused-ring (bicyclic) bond motifs is 2. The molecule has 2 aromatic rings. The Morgan fingerprint density at radius 3 is 2.61 bits per heavy atom. The monoisotopic (exact) mass is 426 g/mol. The van der Waals surface area contributed by atoms with E-state index in [0.717, 1.165) is 42.4 Å². The van der Waals surface area contributed by atoms with Gasteiger partial charge in [0.25, 0.3) is 0 Å². The third-order valence-electron chi connectivity index (χ3n) is 8.29. The molecule has 5 nitrogen and oxygen atoms in total. The minimum Gasteiger partial charge on any atom is -0.496 e. The van der Waals surface area contributed by atoms with Crippen molar-refractivity contribution in [3.8, 4) is 11.5 Å². The van der Waals surface area contributed by atoms with Gasteiger partial charge in [0.2, 0.25) is 0 Å². The van der Waals surface area contributed by atoms with Crippen LogP contribution in [0.1, 0.15) is 52.5 Å². The summed E-state index contributed by atoms with van der Waals surface area (Å²) in [6.07, 6.45) is 5.57. The Hall–Kier alpha value is -2.27. The Morgan fingerprint density at radius 1 is 1.19 bits per heavy atom. The van der Waals surface area contributed by atoms with Gasteiger partial charge in [-0.05, 0) is 67.4 Å².